The normalized spacial score (nSPS) is 38.1. The zero-order valence-corrected chi connectivity index (χ0v) is 42.4. The maximum Gasteiger partial charge on any atom is 0.327 e. The number of piperazine rings is 1. The number of rotatable bonds is 13. The van der Waals surface area contributed by atoms with Gasteiger partial charge in [0, 0.05) is 56.8 Å². The van der Waals surface area contributed by atoms with Crippen molar-refractivity contribution in [2.75, 3.05) is 39.8 Å². The highest BCUT2D eigenvalue weighted by atomic mass is 16.4. The molecule has 0 aromatic heterocycles. The number of allylic oxidation sites excluding steroid dienone is 2. The van der Waals surface area contributed by atoms with Crippen LogP contribution in [0.2, 0.25) is 0 Å². The molecule has 5 N–H and O–H groups in total. The molecular weight excluding hydrogens is 839 g/mol. The Kier molecular flexibility index (Phi) is 14.1. The van der Waals surface area contributed by atoms with Gasteiger partial charge in [0.1, 0.15) is 6.04 Å². The summed E-state index contributed by atoms with van der Waals surface area (Å²) in [6, 6.07) is 5.61. The van der Waals surface area contributed by atoms with Gasteiger partial charge < -0.3 is 31.1 Å². The van der Waals surface area contributed by atoms with Crippen molar-refractivity contribution < 1.29 is 29.4 Å². The van der Waals surface area contributed by atoms with Crippen LogP contribution < -0.4 is 16.0 Å². The molecule has 1 aromatic carbocycles. The molecule has 6 fully saturated rings. The number of aliphatic carboxylic acids is 1. The van der Waals surface area contributed by atoms with Crippen LogP contribution in [0.25, 0.3) is 0 Å². The Morgan fingerprint density at radius 1 is 0.836 bits per heavy atom. The Labute approximate surface area is 402 Å². The number of amides is 3. The van der Waals surface area contributed by atoms with E-state index in [-0.39, 0.29) is 57.0 Å². The van der Waals surface area contributed by atoms with Crippen molar-refractivity contribution in [2.24, 2.45) is 62.6 Å². The van der Waals surface area contributed by atoms with Crippen LogP contribution in [0.5, 0.6) is 0 Å². The Hall–Kier alpha value is -3.54. The van der Waals surface area contributed by atoms with Crippen LogP contribution in [-0.4, -0.2) is 102 Å². The lowest BCUT2D eigenvalue weighted by molar-refractivity contribution is -0.246. The minimum absolute atomic E-state index is 0.0121. The van der Waals surface area contributed by atoms with E-state index in [0.717, 1.165) is 89.5 Å². The predicted molar refractivity (Wildman–Crippen MR) is 264 cm³/mol. The number of nitrogens with one attached hydrogen (secondary N) is 3. The van der Waals surface area contributed by atoms with E-state index < -0.39 is 17.9 Å². The van der Waals surface area contributed by atoms with Gasteiger partial charge in [-0.25, -0.2) is 4.79 Å². The van der Waals surface area contributed by atoms with Crippen molar-refractivity contribution in [1.82, 2.24) is 25.8 Å². The smallest absolute Gasteiger partial charge is 0.327 e. The Morgan fingerprint density at radius 3 is 2.24 bits per heavy atom. The second-order valence-electron chi connectivity index (χ2n) is 24.3. The van der Waals surface area contributed by atoms with Gasteiger partial charge in [-0.05, 0) is 180 Å². The van der Waals surface area contributed by atoms with Gasteiger partial charge in [0.2, 0.25) is 11.8 Å². The monoisotopic (exact) mass is 924 g/mol. The number of hydrogen-bond acceptors (Lipinski definition) is 7. The Bertz CT molecular complexity index is 2080. The van der Waals surface area contributed by atoms with E-state index in [0.29, 0.717) is 54.7 Å². The molecule has 11 nitrogen and oxygen atoms in total. The topological polar surface area (TPSA) is 151 Å². The highest BCUT2D eigenvalue weighted by Gasteiger charge is 2.72. The molecule has 370 valence electrons. The summed E-state index contributed by atoms with van der Waals surface area (Å²) in [4.78, 5) is 58.0. The van der Waals surface area contributed by atoms with Gasteiger partial charge in [0.25, 0.3) is 5.91 Å². The molecule has 1 heterocycles. The number of aliphatic hydroxyl groups is 1. The fourth-order valence-corrected chi connectivity index (χ4v) is 16.6. The van der Waals surface area contributed by atoms with Crippen molar-refractivity contribution in [3.8, 4) is 0 Å². The Balaban J connectivity index is 0.841. The number of likely N-dealkylation sites (N-methyl/N-ethyl adjacent to an activating group) is 1. The number of aliphatic hydroxyl groups excluding tert-OH is 1. The van der Waals surface area contributed by atoms with Gasteiger partial charge in [-0.2, -0.15) is 0 Å². The lowest BCUT2D eigenvalue weighted by atomic mass is 9.32. The van der Waals surface area contributed by atoms with E-state index in [4.69, 9.17) is 0 Å². The quantitative estimate of drug-likeness (QED) is 0.124. The van der Waals surface area contributed by atoms with Gasteiger partial charge in [-0.3, -0.25) is 19.3 Å². The molecule has 3 amide bonds. The van der Waals surface area contributed by atoms with Crippen molar-refractivity contribution in [3.63, 3.8) is 0 Å². The molecule has 67 heavy (non-hydrogen) atoms. The maximum atomic E-state index is 14.8. The minimum atomic E-state index is -1.05. The number of carboxylic acid groups (broad SMARTS) is 1. The van der Waals surface area contributed by atoms with E-state index in [1.165, 1.54) is 36.8 Å². The maximum absolute atomic E-state index is 14.8. The zero-order chi connectivity index (χ0) is 48.3. The van der Waals surface area contributed by atoms with Crippen LogP contribution in [-0.2, 0) is 20.9 Å². The number of fused-ring (bicyclic) bond motifs is 7. The first kappa shape index (κ1) is 49.9. The summed E-state index contributed by atoms with van der Waals surface area (Å²) < 4.78 is 0. The highest BCUT2D eigenvalue weighted by Crippen LogP contribution is 2.77. The predicted octanol–water partition coefficient (Wildman–Crippen LogP) is 8.37. The Morgan fingerprint density at radius 2 is 1.55 bits per heavy atom. The third kappa shape index (κ3) is 8.87. The first-order chi connectivity index (χ1) is 31.7. The van der Waals surface area contributed by atoms with E-state index in [1.807, 2.05) is 26.1 Å². The van der Waals surface area contributed by atoms with Crippen LogP contribution in [0.4, 0.5) is 0 Å². The average Bonchev–Trinajstić information content (AvgIpc) is 3.71. The van der Waals surface area contributed by atoms with Crippen molar-refractivity contribution in [2.45, 2.75) is 163 Å². The number of nitrogens with zero attached hydrogens (tertiary/aromatic N) is 2. The SMILES string of the molecule is C=C(C)C1CCC2(C(=O)NCCC3=CCCC(C(=O)NCc4ccc(C(=O)NC(C(=O)O)[C@H](C)N5CCN(C)CC5)cc4)C3)CC[C@]3(C)C(CCC4C3(C)CCC3C(C)(C)C(O)CC[C@@]34C)C12. The molecule has 1 aliphatic heterocycles. The summed E-state index contributed by atoms with van der Waals surface area (Å²) in [6.45, 7) is 25.2. The third-order valence-corrected chi connectivity index (χ3v) is 20.9. The molecule has 11 heteroatoms. The number of carboxylic acids is 1. The van der Waals surface area contributed by atoms with Crippen LogP contribution in [0.15, 0.2) is 48.1 Å². The molecule has 7 aliphatic rings. The standard InChI is InChI=1S/C56H85N5O6/c1-35(2)41-19-25-56(27-26-54(7)42(46(41)56)17-18-44-53(6)23-21-45(62)52(4,5)43(53)20-24-55(44,54)8)51(67)57-28-22-37-11-10-12-40(33-37)48(63)58-34-38-13-15-39(16-14-38)49(64)59-47(50(65)66)36(3)61-31-29-60(9)30-32-61/h11,13-16,36,40-47,62H,1,10,12,17-34H2,2-9H3,(H,57,67)(H,58,63)(H,59,64)(H,65,66)/t36-,40?,41?,42?,43?,44?,45?,46?,47?,53-,54+,55?,56?/m0/s1. The van der Waals surface area contributed by atoms with Crippen LogP contribution in [0.3, 0.4) is 0 Å². The molecule has 1 saturated heterocycles. The number of hydrogen-bond donors (Lipinski definition) is 5. The molecule has 13 atom stereocenters. The van der Waals surface area contributed by atoms with Crippen LogP contribution in [0.1, 0.15) is 154 Å². The van der Waals surface area contributed by atoms with Crippen molar-refractivity contribution in [1.29, 1.82) is 0 Å². The molecule has 0 bridgehead atoms. The molecular formula is C56H85N5O6. The van der Waals surface area contributed by atoms with Crippen molar-refractivity contribution in [3.05, 3.63) is 59.2 Å². The number of benzene rings is 1. The molecule has 0 spiro atoms. The fraction of sp³-hybridized carbons (Fsp3) is 0.750. The van der Waals surface area contributed by atoms with Gasteiger partial charge in [0.05, 0.1) is 11.5 Å². The lowest BCUT2D eigenvalue weighted by Crippen LogP contribution is -2.67. The summed E-state index contributed by atoms with van der Waals surface area (Å²) in [7, 11) is 2.05. The molecule has 6 aliphatic carbocycles. The van der Waals surface area contributed by atoms with Gasteiger partial charge >= 0.3 is 5.97 Å². The highest BCUT2D eigenvalue weighted by molar-refractivity contribution is 5.96. The molecule has 10 unspecified atom stereocenters. The van der Waals surface area contributed by atoms with E-state index in [2.05, 4.69) is 79.9 Å². The van der Waals surface area contributed by atoms with E-state index in [1.54, 1.807) is 12.1 Å². The first-order valence-corrected chi connectivity index (χ1v) is 26.3. The van der Waals surface area contributed by atoms with E-state index >= 15 is 0 Å². The number of carbonyl (C=O) groups excluding carboxylic acids is 3. The molecule has 8 rings (SSSR count). The molecule has 0 radical (unpaired) electrons. The summed E-state index contributed by atoms with van der Waals surface area (Å²) in [5, 5.41) is 30.5. The van der Waals surface area contributed by atoms with Gasteiger partial charge in [-0.1, -0.05) is 70.6 Å². The summed E-state index contributed by atoms with van der Waals surface area (Å²) >= 11 is 0. The summed E-state index contributed by atoms with van der Waals surface area (Å²) in [5.41, 5.74) is 3.84. The summed E-state index contributed by atoms with van der Waals surface area (Å²) in [5.74, 6) is 0.934. The largest absolute Gasteiger partial charge is 0.480 e. The molecule has 5 saturated carbocycles. The van der Waals surface area contributed by atoms with Crippen LogP contribution >= 0.6 is 0 Å². The fourth-order valence-electron chi connectivity index (χ4n) is 16.6. The van der Waals surface area contributed by atoms with Crippen LogP contribution in [0, 0.1) is 62.6 Å². The van der Waals surface area contributed by atoms with E-state index in [9.17, 15) is 29.4 Å². The third-order valence-electron chi connectivity index (χ3n) is 20.9. The van der Waals surface area contributed by atoms with Gasteiger partial charge in [-0.15, -0.1) is 0 Å². The minimum Gasteiger partial charge on any atom is -0.480 e. The average molecular weight is 924 g/mol. The van der Waals surface area contributed by atoms with Gasteiger partial charge in [0.15, 0.2) is 0 Å². The lowest BCUT2D eigenvalue weighted by Gasteiger charge is -2.72. The first-order valence-electron chi connectivity index (χ1n) is 26.3. The van der Waals surface area contributed by atoms with Crippen molar-refractivity contribution >= 4 is 23.7 Å². The zero-order valence-electron chi connectivity index (χ0n) is 42.4. The second kappa shape index (κ2) is 19.0. The summed E-state index contributed by atoms with van der Waals surface area (Å²) in [6.07, 6.45) is 15.9. The number of carbonyl (C=O) groups is 4. The molecule has 1 aromatic rings. The second-order valence-corrected chi connectivity index (χ2v) is 24.3.